The van der Waals surface area contributed by atoms with E-state index in [2.05, 4.69) is 5.32 Å². The predicted octanol–water partition coefficient (Wildman–Crippen LogP) is 2.85. The van der Waals surface area contributed by atoms with E-state index in [0.717, 1.165) is 43.2 Å². The molecule has 1 aromatic rings. The van der Waals surface area contributed by atoms with E-state index >= 15 is 0 Å². The van der Waals surface area contributed by atoms with Crippen molar-refractivity contribution < 1.29 is 14.3 Å². The van der Waals surface area contributed by atoms with Crippen molar-refractivity contribution in [3.05, 3.63) is 23.3 Å². The summed E-state index contributed by atoms with van der Waals surface area (Å²) in [5.41, 5.74) is 7.64. The Labute approximate surface area is 138 Å². The van der Waals surface area contributed by atoms with Crippen LogP contribution in [0.5, 0.6) is 11.5 Å². The van der Waals surface area contributed by atoms with E-state index in [1.165, 1.54) is 0 Å². The highest BCUT2D eigenvalue weighted by Crippen LogP contribution is 2.33. The number of carbonyl (C=O) groups is 1. The summed E-state index contributed by atoms with van der Waals surface area (Å²) in [6.07, 6.45) is 4.73. The van der Waals surface area contributed by atoms with Crippen LogP contribution < -0.4 is 20.5 Å². The quantitative estimate of drug-likeness (QED) is 0.875. The standard InChI is InChI=1S/C18H28N2O3/c1-12-10-15(22-3)16(23-4)11-14(12)13(2)20-17(21)18(19)8-6-5-7-9-18/h10-11,13H,5-9,19H2,1-4H3,(H,20,21). The van der Waals surface area contributed by atoms with Crippen molar-refractivity contribution in [2.75, 3.05) is 14.2 Å². The lowest BCUT2D eigenvalue weighted by atomic mass is 9.81. The molecular formula is C18H28N2O3. The third-order valence-corrected chi connectivity index (χ3v) is 4.78. The zero-order chi connectivity index (χ0) is 17.0. The molecule has 1 aliphatic carbocycles. The van der Waals surface area contributed by atoms with Crippen LogP contribution in [0.2, 0.25) is 0 Å². The van der Waals surface area contributed by atoms with Gasteiger partial charge in [-0.25, -0.2) is 0 Å². The topological polar surface area (TPSA) is 73.6 Å². The molecule has 23 heavy (non-hydrogen) atoms. The number of aryl methyl sites for hydroxylation is 1. The Morgan fingerprint density at radius 3 is 2.30 bits per heavy atom. The molecule has 0 bridgehead atoms. The Morgan fingerprint density at radius 2 is 1.74 bits per heavy atom. The van der Waals surface area contributed by atoms with Crippen LogP contribution in [0.4, 0.5) is 0 Å². The maximum absolute atomic E-state index is 12.6. The Bertz CT molecular complexity index is 566. The minimum atomic E-state index is -0.725. The van der Waals surface area contributed by atoms with Crippen molar-refractivity contribution in [3.63, 3.8) is 0 Å². The zero-order valence-electron chi connectivity index (χ0n) is 14.6. The Hall–Kier alpha value is -1.75. The van der Waals surface area contributed by atoms with Gasteiger partial charge >= 0.3 is 0 Å². The average molecular weight is 320 g/mol. The third kappa shape index (κ3) is 3.78. The van der Waals surface area contributed by atoms with Crippen LogP contribution in [0.3, 0.4) is 0 Å². The van der Waals surface area contributed by atoms with E-state index in [0.29, 0.717) is 11.5 Å². The van der Waals surface area contributed by atoms with Gasteiger partial charge in [-0.05, 0) is 49.9 Å². The molecule has 5 heteroatoms. The summed E-state index contributed by atoms with van der Waals surface area (Å²) in [6.45, 7) is 3.97. The molecule has 1 unspecified atom stereocenters. The van der Waals surface area contributed by atoms with Crippen molar-refractivity contribution in [3.8, 4) is 11.5 Å². The average Bonchev–Trinajstić information content (AvgIpc) is 2.54. The van der Waals surface area contributed by atoms with Crippen LogP contribution in [0.25, 0.3) is 0 Å². The van der Waals surface area contributed by atoms with Crippen LogP contribution in [0, 0.1) is 6.92 Å². The van der Waals surface area contributed by atoms with E-state index in [1.807, 2.05) is 26.0 Å². The van der Waals surface area contributed by atoms with Crippen molar-refractivity contribution in [1.82, 2.24) is 5.32 Å². The number of ether oxygens (including phenoxy) is 2. The second kappa shape index (κ2) is 7.21. The molecule has 2 rings (SSSR count). The number of rotatable bonds is 5. The van der Waals surface area contributed by atoms with Gasteiger partial charge in [-0.3, -0.25) is 4.79 Å². The van der Waals surface area contributed by atoms with Gasteiger partial charge in [0.2, 0.25) is 5.91 Å². The van der Waals surface area contributed by atoms with Crippen LogP contribution in [0.1, 0.15) is 56.2 Å². The molecule has 1 aliphatic rings. The maximum atomic E-state index is 12.6. The number of methoxy groups -OCH3 is 2. The molecular weight excluding hydrogens is 292 g/mol. The van der Waals surface area contributed by atoms with Crippen LogP contribution in [-0.2, 0) is 4.79 Å². The first-order chi connectivity index (χ1) is 10.9. The molecule has 1 fully saturated rings. The molecule has 0 spiro atoms. The molecule has 0 saturated heterocycles. The summed E-state index contributed by atoms with van der Waals surface area (Å²) in [6, 6.07) is 3.71. The second-order valence-electron chi connectivity index (χ2n) is 6.48. The van der Waals surface area contributed by atoms with Crippen molar-refractivity contribution in [2.45, 2.75) is 57.5 Å². The van der Waals surface area contributed by atoms with E-state index in [4.69, 9.17) is 15.2 Å². The van der Waals surface area contributed by atoms with Gasteiger partial charge in [0.25, 0.3) is 0 Å². The summed E-state index contributed by atoms with van der Waals surface area (Å²) in [5, 5.41) is 3.08. The molecule has 3 N–H and O–H groups in total. The van der Waals surface area contributed by atoms with Gasteiger partial charge in [-0.15, -0.1) is 0 Å². The predicted molar refractivity (Wildman–Crippen MR) is 90.8 cm³/mol. The molecule has 1 atom stereocenters. The minimum absolute atomic E-state index is 0.0566. The fourth-order valence-electron chi connectivity index (χ4n) is 3.29. The van der Waals surface area contributed by atoms with E-state index in [-0.39, 0.29) is 11.9 Å². The highest BCUT2D eigenvalue weighted by molar-refractivity contribution is 5.86. The smallest absolute Gasteiger partial charge is 0.240 e. The second-order valence-corrected chi connectivity index (χ2v) is 6.48. The Kier molecular flexibility index (Phi) is 5.52. The summed E-state index contributed by atoms with van der Waals surface area (Å²) < 4.78 is 10.7. The monoisotopic (exact) mass is 320 g/mol. The maximum Gasteiger partial charge on any atom is 0.240 e. The molecule has 128 valence electrons. The van der Waals surface area contributed by atoms with Gasteiger partial charge in [0.15, 0.2) is 11.5 Å². The first kappa shape index (κ1) is 17.6. The highest BCUT2D eigenvalue weighted by Gasteiger charge is 2.36. The SMILES string of the molecule is COc1cc(C)c(C(C)NC(=O)C2(N)CCCCC2)cc1OC. The van der Waals surface area contributed by atoms with Crippen molar-refractivity contribution in [2.24, 2.45) is 5.73 Å². The van der Waals surface area contributed by atoms with Gasteiger partial charge < -0.3 is 20.5 Å². The number of hydrogen-bond acceptors (Lipinski definition) is 4. The van der Waals surface area contributed by atoms with Gasteiger partial charge in [0.1, 0.15) is 0 Å². The summed E-state index contributed by atoms with van der Waals surface area (Å²) in [4.78, 5) is 12.6. The van der Waals surface area contributed by atoms with Crippen LogP contribution >= 0.6 is 0 Å². The summed E-state index contributed by atoms with van der Waals surface area (Å²) in [5.74, 6) is 1.29. The molecule has 1 saturated carbocycles. The number of amides is 1. The van der Waals surface area contributed by atoms with Gasteiger partial charge in [-0.2, -0.15) is 0 Å². The van der Waals surface area contributed by atoms with Gasteiger partial charge in [0, 0.05) is 0 Å². The third-order valence-electron chi connectivity index (χ3n) is 4.78. The molecule has 0 radical (unpaired) electrons. The minimum Gasteiger partial charge on any atom is -0.493 e. The molecule has 0 heterocycles. The lowest BCUT2D eigenvalue weighted by Gasteiger charge is -2.33. The van der Waals surface area contributed by atoms with E-state index in [1.54, 1.807) is 14.2 Å². The normalized spacial score (nSPS) is 18.1. The largest absolute Gasteiger partial charge is 0.493 e. The highest BCUT2D eigenvalue weighted by atomic mass is 16.5. The lowest BCUT2D eigenvalue weighted by molar-refractivity contribution is -0.128. The zero-order valence-corrected chi connectivity index (χ0v) is 14.6. The Balaban J connectivity index is 2.17. The number of nitrogens with two attached hydrogens (primary N) is 1. The summed E-state index contributed by atoms with van der Waals surface area (Å²) in [7, 11) is 3.22. The summed E-state index contributed by atoms with van der Waals surface area (Å²) >= 11 is 0. The van der Waals surface area contributed by atoms with E-state index < -0.39 is 5.54 Å². The molecule has 1 amide bonds. The number of hydrogen-bond donors (Lipinski definition) is 2. The van der Waals surface area contributed by atoms with Crippen LogP contribution in [0.15, 0.2) is 12.1 Å². The first-order valence-electron chi connectivity index (χ1n) is 8.23. The molecule has 1 aromatic carbocycles. The first-order valence-corrected chi connectivity index (χ1v) is 8.23. The number of nitrogens with one attached hydrogen (secondary N) is 1. The molecule has 0 aromatic heterocycles. The fourth-order valence-corrected chi connectivity index (χ4v) is 3.29. The number of benzene rings is 1. The molecule has 0 aliphatic heterocycles. The molecule has 5 nitrogen and oxygen atoms in total. The Morgan fingerprint density at radius 1 is 1.17 bits per heavy atom. The number of carbonyl (C=O) groups excluding carboxylic acids is 1. The van der Waals surface area contributed by atoms with Crippen LogP contribution in [-0.4, -0.2) is 25.7 Å². The lowest BCUT2D eigenvalue weighted by Crippen LogP contribution is -2.55. The van der Waals surface area contributed by atoms with Gasteiger partial charge in [-0.1, -0.05) is 19.3 Å². The van der Waals surface area contributed by atoms with Crippen molar-refractivity contribution >= 4 is 5.91 Å². The van der Waals surface area contributed by atoms with Crippen molar-refractivity contribution in [1.29, 1.82) is 0 Å². The van der Waals surface area contributed by atoms with E-state index in [9.17, 15) is 4.79 Å². The fraction of sp³-hybridized carbons (Fsp3) is 0.611. The van der Waals surface area contributed by atoms with Gasteiger partial charge in [0.05, 0.1) is 25.8 Å².